The number of nitrogens with one attached hydrogen (secondary N) is 1. The van der Waals surface area contributed by atoms with Gasteiger partial charge in [-0.25, -0.2) is 0 Å². The van der Waals surface area contributed by atoms with Crippen LogP contribution in [0, 0.1) is 11.3 Å². The Labute approximate surface area is 119 Å². The summed E-state index contributed by atoms with van der Waals surface area (Å²) in [6.07, 6.45) is 11.0. The zero-order chi connectivity index (χ0) is 13.9. The molecule has 2 saturated carbocycles. The fourth-order valence-electron chi connectivity index (χ4n) is 3.88. The van der Waals surface area contributed by atoms with Crippen LogP contribution in [0.1, 0.15) is 78.6 Å². The van der Waals surface area contributed by atoms with Crippen molar-refractivity contribution in [3.63, 3.8) is 0 Å². The molecule has 0 heterocycles. The van der Waals surface area contributed by atoms with Crippen LogP contribution in [0.4, 0.5) is 0 Å². The molecule has 0 saturated heterocycles. The maximum Gasteiger partial charge on any atom is 0.0771 e. The van der Waals surface area contributed by atoms with E-state index in [0.717, 1.165) is 25.3 Å². The second-order valence-electron chi connectivity index (χ2n) is 8.08. The Morgan fingerprint density at radius 1 is 1.00 bits per heavy atom. The predicted molar refractivity (Wildman–Crippen MR) is 81.2 cm³/mol. The van der Waals surface area contributed by atoms with Crippen LogP contribution in [-0.4, -0.2) is 23.3 Å². The zero-order valence-electron chi connectivity index (χ0n) is 13.2. The van der Waals surface area contributed by atoms with Crippen molar-refractivity contribution >= 4 is 0 Å². The summed E-state index contributed by atoms with van der Waals surface area (Å²) in [5.74, 6) is 0.878. The van der Waals surface area contributed by atoms with Gasteiger partial charge in [-0.2, -0.15) is 0 Å². The van der Waals surface area contributed by atoms with Crippen molar-refractivity contribution in [3.05, 3.63) is 0 Å². The van der Waals surface area contributed by atoms with E-state index in [1.165, 1.54) is 44.9 Å². The van der Waals surface area contributed by atoms with E-state index in [1.807, 2.05) is 0 Å². The standard InChI is InChI=1S/C17H33NO/c1-16(2,3)14-7-9-15(10-8-14)18-13-17(19)11-5-4-6-12-17/h14-15,18-19H,4-13H2,1-3H3. The van der Waals surface area contributed by atoms with Crippen molar-refractivity contribution in [3.8, 4) is 0 Å². The third-order valence-electron chi connectivity index (χ3n) is 5.46. The van der Waals surface area contributed by atoms with Gasteiger partial charge in [0, 0.05) is 12.6 Å². The first-order valence-electron chi connectivity index (χ1n) is 8.35. The Kier molecular flexibility index (Phi) is 4.94. The lowest BCUT2D eigenvalue weighted by molar-refractivity contribution is 0.000519. The molecule has 0 bridgehead atoms. The highest BCUT2D eigenvalue weighted by Crippen LogP contribution is 2.38. The smallest absolute Gasteiger partial charge is 0.0771 e. The van der Waals surface area contributed by atoms with E-state index < -0.39 is 5.60 Å². The molecule has 0 aromatic carbocycles. The van der Waals surface area contributed by atoms with Gasteiger partial charge in [-0.1, -0.05) is 40.0 Å². The highest BCUT2D eigenvalue weighted by Gasteiger charge is 2.32. The molecule has 0 amide bonds. The van der Waals surface area contributed by atoms with E-state index in [9.17, 15) is 5.11 Å². The lowest BCUT2D eigenvalue weighted by atomic mass is 9.71. The Hall–Kier alpha value is -0.0800. The maximum atomic E-state index is 10.5. The number of rotatable bonds is 3. The molecule has 2 N–H and O–H groups in total. The molecule has 2 nitrogen and oxygen atoms in total. The molecule has 19 heavy (non-hydrogen) atoms. The summed E-state index contributed by atoms with van der Waals surface area (Å²) >= 11 is 0. The van der Waals surface area contributed by atoms with Crippen molar-refractivity contribution in [1.29, 1.82) is 0 Å². The second kappa shape index (κ2) is 6.13. The SMILES string of the molecule is CC(C)(C)C1CCC(NCC2(O)CCCCC2)CC1. The van der Waals surface area contributed by atoms with Crippen LogP contribution < -0.4 is 5.32 Å². The third kappa shape index (κ3) is 4.46. The molecule has 0 radical (unpaired) electrons. The first-order chi connectivity index (χ1) is 8.89. The minimum atomic E-state index is -0.404. The molecule has 0 aromatic rings. The summed E-state index contributed by atoms with van der Waals surface area (Å²) in [4.78, 5) is 0. The van der Waals surface area contributed by atoms with E-state index in [2.05, 4.69) is 26.1 Å². The van der Waals surface area contributed by atoms with Gasteiger partial charge in [-0.3, -0.25) is 0 Å². The van der Waals surface area contributed by atoms with Crippen LogP contribution in [0.3, 0.4) is 0 Å². The molecule has 0 spiro atoms. The van der Waals surface area contributed by atoms with Gasteiger partial charge in [0.15, 0.2) is 0 Å². The van der Waals surface area contributed by atoms with Crippen LogP contribution in [0.25, 0.3) is 0 Å². The minimum absolute atomic E-state index is 0.404. The topological polar surface area (TPSA) is 32.3 Å². The summed E-state index contributed by atoms with van der Waals surface area (Å²) in [6, 6.07) is 0.643. The average Bonchev–Trinajstić information content (AvgIpc) is 2.37. The number of hydrogen-bond donors (Lipinski definition) is 2. The van der Waals surface area contributed by atoms with E-state index >= 15 is 0 Å². The highest BCUT2D eigenvalue weighted by molar-refractivity contribution is 4.88. The van der Waals surface area contributed by atoms with Gasteiger partial charge in [0.25, 0.3) is 0 Å². The lowest BCUT2D eigenvalue weighted by Crippen LogP contribution is -2.47. The molecular weight excluding hydrogens is 234 g/mol. The summed E-state index contributed by atoms with van der Waals surface area (Å²) in [5, 5.41) is 14.2. The quantitative estimate of drug-likeness (QED) is 0.813. The van der Waals surface area contributed by atoms with Crippen molar-refractivity contribution < 1.29 is 5.11 Å². The van der Waals surface area contributed by atoms with Crippen LogP contribution in [-0.2, 0) is 0 Å². The molecule has 2 fully saturated rings. The molecule has 2 aliphatic carbocycles. The van der Waals surface area contributed by atoms with Crippen LogP contribution in [0.5, 0.6) is 0 Å². The summed E-state index contributed by atoms with van der Waals surface area (Å²) < 4.78 is 0. The Morgan fingerprint density at radius 3 is 2.11 bits per heavy atom. The summed E-state index contributed by atoms with van der Waals surface area (Å²) in [7, 11) is 0. The Morgan fingerprint density at radius 2 is 1.58 bits per heavy atom. The van der Waals surface area contributed by atoms with Gasteiger partial charge in [0.05, 0.1) is 5.60 Å². The van der Waals surface area contributed by atoms with Gasteiger partial charge < -0.3 is 10.4 Å². The van der Waals surface area contributed by atoms with Crippen LogP contribution in [0.2, 0.25) is 0 Å². The van der Waals surface area contributed by atoms with E-state index in [-0.39, 0.29) is 0 Å². The van der Waals surface area contributed by atoms with Crippen molar-refractivity contribution in [2.45, 2.75) is 90.2 Å². The van der Waals surface area contributed by atoms with Gasteiger partial charge in [-0.15, -0.1) is 0 Å². The first-order valence-corrected chi connectivity index (χ1v) is 8.35. The highest BCUT2D eigenvalue weighted by atomic mass is 16.3. The molecule has 2 aliphatic rings. The molecule has 0 unspecified atom stereocenters. The number of aliphatic hydroxyl groups is 1. The fourth-order valence-corrected chi connectivity index (χ4v) is 3.88. The molecule has 0 aliphatic heterocycles. The van der Waals surface area contributed by atoms with Crippen LogP contribution >= 0.6 is 0 Å². The molecule has 0 aromatic heterocycles. The molecule has 0 atom stereocenters. The molecule has 2 rings (SSSR count). The van der Waals surface area contributed by atoms with Gasteiger partial charge >= 0.3 is 0 Å². The summed E-state index contributed by atoms with van der Waals surface area (Å²) in [6.45, 7) is 7.93. The molecule has 2 heteroatoms. The molecular formula is C17H33NO. The second-order valence-corrected chi connectivity index (χ2v) is 8.08. The van der Waals surface area contributed by atoms with E-state index in [4.69, 9.17) is 0 Å². The first kappa shape index (κ1) is 15.3. The monoisotopic (exact) mass is 267 g/mol. The average molecular weight is 267 g/mol. The zero-order valence-corrected chi connectivity index (χ0v) is 13.2. The van der Waals surface area contributed by atoms with Crippen LogP contribution in [0.15, 0.2) is 0 Å². The Balaban J connectivity index is 1.71. The van der Waals surface area contributed by atoms with Gasteiger partial charge in [-0.05, 0) is 49.9 Å². The normalized spacial score (nSPS) is 32.2. The third-order valence-corrected chi connectivity index (χ3v) is 5.46. The maximum absolute atomic E-state index is 10.5. The van der Waals surface area contributed by atoms with Gasteiger partial charge in [0.1, 0.15) is 0 Å². The van der Waals surface area contributed by atoms with E-state index in [1.54, 1.807) is 0 Å². The van der Waals surface area contributed by atoms with E-state index in [0.29, 0.717) is 11.5 Å². The Bertz CT molecular complexity index is 267. The fraction of sp³-hybridized carbons (Fsp3) is 1.00. The van der Waals surface area contributed by atoms with Crippen molar-refractivity contribution in [2.75, 3.05) is 6.54 Å². The largest absolute Gasteiger partial charge is 0.389 e. The molecule has 112 valence electrons. The predicted octanol–water partition coefficient (Wildman–Crippen LogP) is 3.88. The summed E-state index contributed by atoms with van der Waals surface area (Å²) in [5.41, 5.74) is 0.0612. The number of hydrogen-bond acceptors (Lipinski definition) is 2. The lowest BCUT2D eigenvalue weighted by Gasteiger charge is -2.39. The van der Waals surface area contributed by atoms with Gasteiger partial charge in [0.2, 0.25) is 0 Å². The van der Waals surface area contributed by atoms with Crippen molar-refractivity contribution in [1.82, 2.24) is 5.32 Å². The van der Waals surface area contributed by atoms with Crippen molar-refractivity contribution in [2.24, 2.45) is 11.3 Å². The minimum Gasteiger partial charge on any atom is -0.389 e.